The Bertz CT molecular complexity index is 410. The highest BCUT2D eigenvalue weighted by Crippen LogP contribution is 2.08. The van der Waals surface area contributed by atoms with E-state index in [2.05, 4.69) is 44.1 Å². The number of H-pyrrole nitrogens is 1. The lowest BCUT2D eigenvalue weighted by Crippen LogP contribution is -2.05. The minimum absolute atomic E-state index is 0.716. The number of aromatic nitrogens is 4. The molecule has 5 heteroatoms. The molecule has 2 N–H and O–H groups in total. The number of benzene rings is 1. The fraction of sp³-hybridized carbons (Fsp3) is 0.300. The largest absolute Gasteiger partial charge is 0.316 e. The summed E-state index contributed by atoms with van der Waals surface area (Å²) in [6.45, 7) is 0.875. The van der Waals surface area contributed by atoms with E-state index in [0.29, 0.717) is 6.42 Å². The van der Waals surface area contributed by atoms with Gasteiger partial charge in [0, 0.05) is 13.0 Å². The Morgan fingerprint density at radius 1 is 1.33 bits per heavy atom. The van der Waals surface area contributed by atoms with Crippen molar-refractivity contribution >= 4 is 0 Å². The van der Waals surface area contributed by atoms with Gasteiger partial charge >= 0.3 is 0 Å². The summed E-state index contributed by atoms with van der Waals surface area (Å²) < 4.78 is 0. The molecule has 0 amide bonds. The molecule has 0 radical (unpaired) electrons. The third-order valence-corrected chi connectivity index (χ3v) is 2.12. The molecule has 2 aromatic rings. The summed E-state index contributed by atoms with van der Waals surface area (Å²) in [6.07, 6.45) is 0.716. The van der Waals surface area contributed by atoms with Crippen molar-refractivity contribution in [2.45, 2.75) is 13.0 Å². The number of rotatable bonds is 4. The Kier molecular flexibility index (Phi) is 3.04. The van der Waals surface area contributed by atoms with E-state index in [4.69, 9.17) is 0 Å². The maximum Gasteiger partial charge on any atom is 0.178 e. The second-order valence-corrected chi connectivity index (χ2v) is 3.36. The van der Waals surface area contributed by atoms with Crippen molar-refractivity contribution in [3.05, 3.63) is 41.2 Å². The fourth-order valence-corrected chi connectivity index (χ4v) is 1.49. The first kappa shape index (κ1) is 9.79. The van der Waals surface area contributed by atoms with E-state index >= 15 is 0 Å². The summed E-state index contributed by atoms with van der Waals surface area (Å²) in [5.41, 5.74) is 2.46. The standard InChI is InChI=1S/C10H13N5/c1-11-7-9-4-2-3-8(5-9)6-10-12-14-15-13-10/h2-5,11H,6-7H2,1H3,(H,12,13,14,15). The fourth-order valence-electron chi connectivity index (χ4n) is 1.49. The molecule has 78 valence electrons. The van der Waals surface area contributed by atoms with Crippen molar-refractivity contribution in [3.63, 3.8) is 0 Å². The van der Waals surface area contributed by atoms with Crippen molar-refractivity contribution in [1.82, 2.24) is 25.9 Å². The lowest BCUT2D eigenvalue weighted by Gasteiger charge is -2.02. The summed E-state index contributed by atoms with van der Waals surface area (Å²) in [7, 11) is 1.94. The van der Waals surface area contributed by atoms with Crippen LogP contribution in [-0.2, 0) is 13.0 Å². The highest BCUT2D eigenvalue weighted by molar-refractivity contribution is 5.25. The minimum Gasteiger partial charge on any atom is -0.316 e. The van der Waals surface area contributed by atoms with E-state index < -0.39 is 0 Å². The van der Waals surface area contributed by atoms with E-state index in [9.17, 15) is 0 Å². The zero-order chi connectivity index (χ0) is 10.5. The Morgan fingerprint density at radius 3 is 2.93 bits per heavy atom. The molecule has 0 spiro atoms. The van der Waals surface area contributed by atoms with Crippen LogP contribution in [0, 0.1) is 0 Å². The quantitative estimate of drug-likeness (QED) is 0.759. The zero-order valence-corrected chi connectivity index (χ0v) is 8.57. The van der Waals surface area contributed by atoms with Crippen molar-refractivity contribution < 1.29 is 0 Å². The van der Waals surface area contributed by atoms with Gasteiger partial charge in [0.05, 0.1) is 0 Å². The molecule has 1 aromatic heterocycles. The monoisotopic (exact) mass is 203 g/mol. The molecule has 0 bridgehead atoms. The van der Waals surface area contributed by atoms with Gasteiger partial charge < -0.3 is 5.32 Å². The molecule has 1 aromatic carbocycles. The Balaban J connectivity index is 2.11. The third kappa shape index (κ3) is 2.60. The first-order valence-electron chi connectivity index (χ1n) is 4.83. The van der Waals surface area contributed by atoms with Crippen LogP contribution in [0.4, 0.5) is 0 Å². The molecule has 0 aliphatic heterocycles. The maximum atomic E-state index is 3.92. The summed E-state index contributed by atoms with van der Waals surface area (Å²) >= 11 is 0. The normalized spacial score (nSPS) is 10.5. The van der Waals surface area contributed by atoms with Gasteiger partial charge in [-0.25, -0.2) is 0 Å². The molecule has 15 heavy (non-hydrogen) atoms. The topological polar surface area (TPSA) is 66.5 Å². The van der Waals surface area contributed by atoms with Crippen LogP contribution >= 0.6 is 0 Å². The van der Waals surface area contributed by atoms with E-state index in [1.54, 1.807) is 0 Å². The van der Waals surface area contributed by atoms with Gasteiger partial charge in [-0.15, -0.1) is 10.2 Å². The van der Waals surface area contributed by atoms with Crippen molar-refractivity contribution in [2.24, 2.45) is 0 Å². The molecular weight excluding hydrogens is 190 g/mol. The van der Waals surface area contributed by atoms with Gasteiger partial charge in [0.2, 0.25) is 0 Å². The molecule has 0 fully saturated rings. The van der Waals surface area contributed by atoms with Gasteiger partial charge in [-0.2, -0.15) is 5.21 Å². The number of aromatic amines is 1. The second kappa shape index (κ2) is 4.65. The minimum atomic E-state index is 0.716. The molecule has 0 atom stereocenters. The van der Waals surface area contributed by atoms with Crippen LogP contribution in [-0.4, -0.2) is 27.7 Å². The van der Waals surface area contributed by atoms with Crippen LogP contribution < -0.4 is 5.32 Å². The molecular formula is C10H13N5. The van der Waals surface area contributed by atoms with E-state index in [1.807, 2.05) is 13.1 Å². The lowest BCUT2D eigenvalue weighted by molar-refractivity contribution is 0.815. The second-order valence-electron chi connectivity index (χ2n) is 3.36. The van der Waals surface area contributed by atoms with Gasteiger partial charge in [0.1, 0.15) is 0 Å². The highest BCUT2D eigenvalue weighted by atomic mass is 15.5. The van der Waals surface area contributed by atoms with Crippen molar-refractivity contribution in [2.75, 3.05) is 7.05 Å². The van der Waals surface area contributed by atoms with E-state index in [0.717, 1.165) is 12.4 Å². The summed E-state index contributed by atoms with van der Waals surface area (Å²) in [4.78, 5) is 0. The van der Waals surface area contributed by atoms with E-state index in [-0.39, 0.29) is 0 Å². The molecule has 0 saturated heterocycles. The van der Waals surface area contributed by atoms with Gasteiger partial charge in [-0.05, 0) is 18.2 Å². The third-order valence-electron chi connectivity index (χ3n) is 2.12. The van der Waals surface area contributed by atoms with Crippen LogP contribution in [0.15, 0.2) is 24.3 Å². The van der Waals surface area contributed by atoms with Crippen molar-refractivity contribution in [1.29, 1.82) is 0 Å². The summed E-state index contributed by atoms with van der Waals surface area (Å²) in [5, 5.41) is 16.9. The Labute approximate surface area is 87.9 Å². The summed E-state index contributed by atoms with van der Waals surface area (Å²) in [6, 6.07) is 8.35. The summed E-state index contributed by atoms with van der Waals surface area (Å²) in [5.74, 6) is 0.719. The predicted molar refractivity (Wildman–Crippen MR) is 56.2 cm³/mol. The molecule has 0 saturated carbocycles. The number of nitrogens with one attached hydrogen (secondary N) is 2. The highest BCUT2D eigenvalue weighted by Gasteiger charge is 2.01. The molecule has 0 unspecified atom stereocenters. The van der Waals surface area contributed by atoms with Gasteiger partial charge in [-0.1, -0.05) is 29.5 Å². The molecule has 5 nitrogen and oxygen atoms in total. The van der Waals surface area contributed by atoms with Gasteiger partial charge in [-0.3, -0.25) is 0 Å². The van der Waals surface area contributed by atoms with Gasteiger partial charge in [0.25, 0.3) is 0 Å². The molecule has 0 aliphatic carbocycles. The lowest BCUT2D eigenvalue weighted by atomic mass is 10.1. The van der Waals surface area contributed by atoms with Crippen LogP contribution in [0.3, 0.4) is 0 Å². The maximum absolute atomic E-state index is 3.92. The smallest absolute Gasteiger partial charge is 0.178 e. The average molecular weight is 203 g/mol. The van der Waals surface area contributed by atoms with Crippen LogP contribution in [0.1, 0.15) is 17.0 Å². The Morgan fingerprint density at radius 2 is 2.20 bits per heavy atom. The average Bonchev–Trinajstić information content (AvgIpc) is 2.71. The van der Waals surface area contributed by atoms with Gasteiger partial charge in [0.15, 0.2) is 5.82 Å². The van der Waals surface area contributed by atoms with Crippen LogP contribution in [0.2, 0.25) is 0 Å². The molecule has 0 aliphatic rings. The number of nitrogens with zero attached hydrogens (tertiary/aromatic N) is 3. The Hall–Kier alpha value is -1.75. The first-order chi connectivity index (χ1) is 7.38. The number of tetrazole rings is 1. The van der Waals surface area contributed by atoms with Crippen LogP contribution in [0.25, 0.3) is 0 Å². The van der Waals surface area contributed by atoms with E-state index in [1.165, 1.54) is 11.1 Å². The first-order valence-corrected chi connectivity index (χ1v) is 4.83. The predicted octanol–water partition coefficient (Wildman–Crippen LogP) is 0.510. The van der Waals surface area contributed by atoms with Crippen molar-refractivity contribution in [3.8, 4) is 0 Å². The molecule has 2 rings (SSSR count). The van der Waals surface area contributed by atoms with Crippen LogP contribution in [0.5, 0.6) is 0 Å². The number of hydrogen-bond acceptors (Lipinski definition) is 4. The SMILES string of the molecule is CNCc1cccc(Cc2nn[nH]n2)c1. The number of hydrogen-bond donors (Lipinski definition) is 2. The molecule has 1 heterocycles. The zero-order valence-electron chi connectivity index (χ0n) is 8.57.